The Bertz CT molecular complexity index is 1230. The van der Waals surface area contributed by atoms with Gasteiger partial charge in [-0.05, 0) is 31.2 Å². The summed E-state index contributed by atoms with van der Waals surface area (Å²) in [6, 6.07) is 9.03. The maximum Gasteiger partial charge on any atom is 0.238 e. The Morgan fingerprint density at radius 3 is 2.81 bits per heavy atom. The standard InChI is InChI=1S/C22H23FN6O2/c1-15-20(25-26-29(15)19-3-2-6-24-21(19)23)16-4-5-18-17(13-16)14-28(22(18)30)8-7-27-9-11-31-12-10-27/h2-6,13-14,30H,7-12H2,1H3. The van der Waals surface area contributed by atoms with Crippen molar-refractivity contribution in [3.8, 4) is 22.8 Å². The molecule has 5 rings (SSSR count). The summed E-state index contributed by atoms with van der Waals surface area (Å²) in [5.41, 5.74) is 2.48. The number of fused-ring (bicyclic) bond motifs is 1. The maximum atomic E-state index is 14.1. The van der Waals surface area contributed by atoms with Gasteiger partial charge in [-0.1, -0.05) is 11.3 Å². The molecule has 1 N–H and O–H groups in total. The Morgan fingerprint density at radius 2 is 2.00 bits per heavy atom. The van der Waals surface area contributed by atoms with Gasteiger partial charge in [0.1, 0.15) is 11.4 Å². The summed E-state index contributed by atoms with van der Waals surface area (Å²) in [6.07, 6.45) is 3.35. The minimum absolute atomic E-state index is 0.256. The van der Waals surface area contributed by atoms with Crippen LogP contribution in [-0.4, -0.2) is 67.4 Å². The van der Waals surface area contributed by atoms with Gasteiger partial charge in [-0.2, -0.15) is 4.39 Å². The molecule has 4 heterocycles. The van der Waals surface area contributed by atoms with Gasteiger partial charge in [-0.15, -0.1) is 5.10 Å². The van der Waals surface area contributed by atoms with Gasteiger partial charge >= 0.3 is 0 Å². The van der Waals surface area contributed by atoms with Crippen molar-refractivity contribution in [3.63, 3.8) is 0 Å². The molecule has 1 aliphatic rings. The van der Waals surface area contributed by atoms with Gasteiger partial charge < -0.3 is 14.4 Å². The van der Waals surface area contributed by atoms with Crippen molar-refractivity contribution in [1.29, 1.82) is 0 Å². The molecule has 9 heteroatoms. The van der Waals surface area contributed by atoms with Crippen molar-refractivity contribution in [2.24, 2.45) is 0 Å². The topological polar surface area (TPSA) is 81.2 Å². The van der Waals surface area contributed by atoms with E-state index in [9.17, 15) is 9.50 Å². The number of aromatic nitrogens is 5. The molecule has 0 radical (unpaired) electrons. The van der Waals surface area contributed by atoms with Crippen molar-refractivity contribution in [3.05, 3.63) is 54.4 Å². The quantitative estimate of drug-likeness (QED) is 0.498. The van der Waals surface area contributed by atoms with E-state index in [-0.39, 0.29) is 11.6 Å². The third-order valence-electron chi connectivity index (χ3n) is 5.76. The van der Waals surface area contributed by atoms with Crippen LogP contribution in [-0.2, 0) is 11.3 Å². The smallest absolute Gasteiger partial charge is 0.238 e. The van der Waals surface area contributed by atoms with Crippen LogP contribution in [0.15, 0.2) is 42.7 Å². The number of pyridine rings is 1. The summed E-state index contributed by atoms with van der Waals surface area (Å²) in [5.74, 6) is -0.340. The van der Waals surface area contributed by atoms with E-state index in [1.54, 1.807) is 12.1 Å². The van der Waals surface area contributed by atoms with Crippen molar-refractivity contribution in [2.75, 3.05) is 32.8 Å². The zero-order valence-electron chi connectivity index (χ0n) is 17.2. The Balaban J connectivity index is 1.43. The summed E-state index contributed by atoms with van der Waals surface area (Å²) in [4.78, 5) is 6.02. The fourth-order valence-electron chi connectivity index (χ4n) is 4.01. The number of morpholine rings is 1. The van der Waals surface area contributed by atoms with Gasteiger partial charge in [0.2, 0.25) is 5.95 Å². The third kappa shape index (κ3) is 3.66. The maximum absolute atomic E-state index is 14.1. The van der Waals surface area contributed by atoms with Gasteiger partial charge in [-0.25, -0.2) is 9.67 Å². The van der Waals surface area contributed by atoms with Gasteiger partial charge in [0, 0.05) is 54.9 Å². The number of ether oxygens (including phenoxy) is 1. The fraction of sp³-hybridized carbons (Fsp3) is 0.318. The number of hydrogen-bond donors (Lipinski definition) is 1. The minimum Gasteiger partial charge on any atom is -0.494 e. The lowest BCUT2D eigenvalue weighted by molar-refractivity contribution is 0.0362. The van der Waals surface area contributed by atoms with E-state index in [2.05, 4.69) is 20.2 Å². The molecule has 0 aliphatic carbocycles. The van der Waals surface area contributed by atoms with Gasteiger partial charge in [0.25, 0.3) is 0 Å². The molecule has 31 heavy (non-hydrogen) atoms. The molecule has 160 valence electrons. The fourth-order valence-corrected chi connectivity index (χ4v) is 4.01. The van der Waals surface area contributed by atoms with Crippen LogP contribution in [0.2, 0.25) is 0 Å². The highest BCUT2D eigenvalue weighted by Crippen LogP contribution is 2.32. The second kappa shape index (κ2) is 8.09. The first kappa shape index (κ1) is 19.7. The highest BCUT2D eigenvalue weighted by molar-refractivity contribution is 5.91. The number of benzene rings is 1. The molecule has 0 bridgehead atoms. The first-order chi connectivity index (χ1) is 15.1. The zero-order chi connectivity index (χ0) is 21.4. The molecule has 3 aromatic heterocycles. The molecule has 0 unspecified atom stereocenters. The molecular formula is C22H23FN6O2. The number of rotatable bonds is 5. The summed E-state index contributed by atoms with van der Waals surface area (Å²) in [7, 11) is 0. The lowest BCUT2D eigenvalue weighted by Crippen LogP contribution is -2.38. The van der Waals surface area contributed by atoms with Crippen LogP contribution in [0.3, 0.4) is 0 Å². The SMILES string of the molecule is Cc1c(-c2ccc3c(O)n(CCN4CCOCC4)cc3c2)nnn1-c1cccnc1F. The number of aromatic hydroxyl groups is 1. The van der Waals surface area contributed by atoms with E-state index in [1.807, 2.05) is 35.9 Å². The Labute approximate surface area is 178 Å². The molecule has 1 fully saturated rings. The van der Waals surface area contributed by atoms with Crippen LogP contribution in [0.1, 0.15) is 5.69 Å². The van der Waals surface area contributed by atoms with Crippen LogP contribution in [0.5, 0.6) is 5.88 Å². The Hall–Kier alpha value is -3.30. The van der Waals surface area contributed by atoms with Gasteiger partial charge in [0.15, 0.2) is 5.88 Å². The molecule has 0 amide bonds. The van der Waals surface area contributed by atoms with Crippen LogP contribution < -0.4 is 0 Å². The van der Waals surface area contributed by atoms with Crippen LogP contribution in [0.25, 0.3) is 27.7 Å². The highest BCUT2D eigenvalue weighted by Gasteiger charge is 2.17. The molecule has 0 spiro atoms. The highest BCUT2D eigenvalue weighted by atomic mass is 19.1. The van der Waals surface area contributed by atoms with E-state index < -0.39 is 5.95 Å². The largest absolute Gasteiger partial charge is 0.494 e. The van der Waals surface area contributed by atoms with E-state index in [4.69, 9.17) is 4.74 Å². The first-order valence-corrected chi connectivity index (χ1v) is 10.3. The van der Waals surface area contributed by atoms with E-state index in [0.29, 0.717) is 17.9 Å². The van der Waals surface area contributed by atoms with E-state index in [0.717, 1.165) is 49.2 Å². The Kier molecular flexibility index (Phi) is 5.13. The summed E-state index contributed by atoms with van der Waals surface area (Å²) < 4.78 is 22.8. The van der Waals surface area contributed by atoms with Crippen molar-refractivity contribution >= 4 is 10.8 Å². The summed E-state index contributed by atoms with van der Waals surface area (Å²) in [5, 5.41) is 20.8. The molecule has 0 saturated carbocycles. The van der Waals surface area contributed by atoms with Gasteiger partial charge in [0.05, 0.1) is 18.9 Å². The summed E-state index contributed by atoms with van der Waals surface area (Å²) in [6.45, 7) is 6.74. The predicted octanol–water partition coefficient (Wildman–Crippen LogP) is 2.77. The lowest BCUT2D eigenvalue weighted by atomic mass is 10.1. The van der Waals surface area contributed by atoms with E-state index in [1.165, 1.54) is 10.9 Å². The average molecular weight is 422 g/mol. The normalized spacial score (nSPS) is 15.0. The predicted molar refractivity (Wildman–Crippen MR) is 114 cm³/mol. The molecule has 1 aromatic carbocycles. The van der Waals surface area contributed by atoms with Crippen molar-refractivity contribution in [1.82, 2.24) is 29.4 Å². The lowest BCUT2D eigenvalue weighted by Gasteiger charge is -2.26. The second-order valence-electron chi connectivity index (χ2n) is 7.65. The average Bonchev–Trinajstić information content (AvgIpc) is 3.32. The van der Waals surface area contributed by atoms with Crippen LogP contribution in [0, 0.1) is 12.9 Å². The van der Waals surface area contributed by atoms with Gasteiger partial charge in [-0.3, -0.25) is 4.90 Å². The van der Waals surface area contributed by atoms with Crippen molar-refractivity contribution in [2.45, 2.75) is 13.5 Å². The van der Waals surface area contributed by atoms with Crippen molar-refractivity contribution < 1.29 is 14.2 Å². The monoisotopic (exact) mass is 422 g/mol. The first-order valence-electron chi connectivity index (χ1n) is 10.3. The van der Waals surface area contributed by atoms with Crippen LogP contribution >= 0.6 is 0 Å². The third-order valence-corrected chi connectivity index (χ3v) is 5.76. The molecule has 1 aliphatic heterocycles. The molecule has 0 atom stereocenters. The number of halogens is 1. The number of nitrogens with zero attached hydrogens (tertiary/aromatic N) is 6. The van der Waals surface area contributed by atoms with Crippen LogP contribution in [0.4, 0.5) is 4.39 Å². The molecule has 1 saturated heterocycles. The minimum atomic E-state index is -0.597. The molecular weight excluding hydrogens is 399 g/mol. The summed E-state index contributed by atoms with van der Waals surface area (Å²) >= 11 is 0. The molecule has 8 nitrogen and oxygen atoms in total. The zero-order valence-corrected chi connectivity index (χ0v) is 17.2. The number of hydrogen-bond acceptors (Lipinski definition) is 6. The Morgan fingerprint density at radius 1 is 1.16 bits per heavy atom. The second-order valence-corrected chi connectivity index (χ2v) is 7.65. The molecule has 4 aromatic rings. The van der Waals surface area contributed by atoms with E-state index >= 15 is 0 Å².